The Morgan fingerprint density at radius 3 is 2.38 bits per heavy atom. The minimum atomic E-state index is -0.935. The normalized spacial score (nSPS) is 12.7. The molecule has 0 radical (unpaired) electrons. The number of primary amides is 1. The number of hydrogen-bond donors (Lipinski definition) is 2. The molecule has 0 aliphatic heterocycles. The highest BCUT2D eigenvalue weighted by Crippen LogP contribution is 2.19. The molecule has 0 aliphatic carbocycles. The summed E-state index contributed by atoms with van der Waals surface area (Å²) in [6.45, 7) is 6.67. The van der Waals surface area contributed by atoms with Gasteiger partial charge < -0.3 is 16.2 Å². The molecular formula is C8H17N3O2. The molecule has 0 heterocycles. The van der Waals surface area contributed by atoms with E-state index in [1.165, 1.54) is 0 Å². The van der Waals surface area contributed by atoms with Crippen LogP contribution in [0.3, 0.4) is 0 Å². The zero-order valence-corrected chi connectivity index (χ0v) is 8.33. The van der Waals surface area contributed by atoms with Crippen LogP contribution >= 0.6 is 0 Å². The van der Waals surface area contributed by atoms with E-state index in [-0.39, 0.29) is 11.4 Å². The van der Waals surface area contributed by atoms with Crippen molar-refractivity contribution >= 4 is 12.1 Å². The molecule has 0 bridgehead atoms. The van der Waals surface area contributed by atoms with Crippen LogP contribution in [-0.2, 0) is 4.74 Å². The molecule has 0 rings (SSSR count). The molecule has 1 amide bonds. The Morgan fingerprint density at radius 1 is 1.46 bits per heavy atom. The van der Waals surface area contributed by atoms with Crippen LogP contribution in [0.2, 0.25) is 0 Å². The number of nitrogens with two attached hydrogens (primary N) is 2. The molecule has 0 unspecified atom stereocenters. The first-order valence-corrected chi connectivity index (χ1v) is 4.14. The zero-order chi connectivity index (χ0) is 10.5. The lowest BCUT2D eigenvalue weighted by atomic mass is 9.91. The summed E-state index contributed by atoms with van der Waals surface area (Å²) >= 11 is 0. The van der Waals surface area contributed by atoms with Gasteiger partial charge in [0, 0.05) is 6.54 Å². The van der Waals surface area contributed by atoms with E-state index in [2.05, 4.69) is 16.7 Å². The number of amides is 1. The lowest BCUT2D eigenvalue weighted by Crippen LogP contribution is -2.26. The van der Waals surface area contributed by atoms with Gasteiger partial charge in [0.25, 0.3) is 6.02 Å². The molecule has 0 saturated carbocycles. The van der Waals surface area contributed by atoms with E-state index in [0.717, 1.165) is 6.42 Å². The molecule has 5 nitrogen and oxygen atoms in total. The molecule has 0 aliphatic rings. The monoisotopic (exact) mass is 187 g/mol. The maximum Gasteiger partial charge on any atom is 0.412 e. The van der Waals surface area contributed by atoms with Crippen molar-refractivity contribution in [2.45, 2.75) is 27.2 Å². The van der Waals surface area contributed by atoms with Gasteiger partial charge in [-0.3, -0.25) is 0 Å². The van der Waals surface area contributed by atoms with Gasteiger partial charge in [-0.1, -0.05) is 20.8 Å². The highest BCUT2D eigenvalue weighted by atomic mass is 16.6. The molecule has 13 heavy (non-hydrogen) atoms. The number of amidine groups is 1. The van der Waals surface area contributed by atoms with Crippen LogP contribution in [0.4, 0.5) is 4.79 Å². The minimum Gasteiger partial charge on any atom is -0.376 e. The number of ether oxygens (including phenoxy) is 1. The van der Waals surface area contributed by atoms with E-state index >= 15 is 0 Å². The summed E-state index contributed by atoms with van der Waals surface area (Å²) in [5.41, 5.74) is 10.1. The molecule has 0 fully saturated rings. The first kappa shape index (κ1) is 11.7. The van der Waals surface area contributed by atoms with Crippen LogP contribution in [0.25, 0.3) is 0 Å². The molecular weight excluding hydrogens is 170 g/mol. The largest absolute Gasteiger partial charge is 0.412 e. The van der Waals surface area contributed by atoms with E-state index in [0.29, 0.717) is 6.54 Å². The van der Waals surface area contributed by atoms with E-state index in [1.807, 2.05) is 13.8 Å². The topological polar surface area (TPSA) is 90.7 Å². The van der Waals surface area contributed by atoms with Crippen molar-refractivity contribution < 1.29 is 9.53 Å². The van der Waals surface area contributed by atoms with Crippen LogP contribution in [0.1, 0.15) is 27.2 Å². The molecule has 0 aromatic heterocycles. The molecule has 0 spiro atoms. The van der Waals surface area contributed by atoms with Crippen molar-refractivity contribution in [1.29, 1.82) is 0 Å². The predicted octanol–water partition coefficient (Wildman–Crippen LogP) is 0.833. The van der Waals surface area contributed by atoms with Crippen molar-refractivity contribution in [3.05, 3.63) is 0 Å². The number of nitrogens with zero attached hydrogens (tertiary/aromatic N) is 1. The van der Waals surface area contributed by atoms with Gasteiger partial charge in [0.15, 0.2) is 0 Å². The fourth-order valence-corrected chi connectivity index (χ4v) is 0.539. The van der Waals surface area contributed by atoms with Crippen LogP contribution in [0.5, 0.6) is 0 Å². The van der Waals surface area contributed by atoms with Crippen LogP contribution in [0, 0.1) is 5.41 Å². The van der Waals surface area contributed by atoms with Crippen LogP contribution < -0.4 is 11.5 Å². The second kappa shape index (κ2) is 4.69. The Labute approximate surface area is 78.1 Å². The van der Waals surface area contributed by atoms with Crippen molar-refractivity contribution in [2.75, 3.05) is 6.54 Å². The molecule has 5 heteroatoms. The first-order valence-electron chi connectivity index (χ1n) is 4.14. The Hall–Kier alpha value is -1.26. The summed E-state index contributed by atoms with van der Waals surface area (Å²) in [5, 5.41) is 0. The fourth-order valence-electron chi connectivity index (χ4n) is 0.539. The lowest BCUT2D eigenvalue weighted by Gasteiger charge is -2.19. The second-order valence-corrected chi connectivity index (χ2v) is 3.59. The van der Waals surface area contributed by atoms with E-state index in [1.54, 1.807) is 0 Å². The van der Waals surface area contributed by atoms with E-state index in [4.69, 9.17) is 11.5 Å². The van der Waals surface area contributed by atoms with Gasteiger partial charge in [-0.15, -0.1) is 0 Å². The molecule has 0 atom stereocenters. The van der Waals surface area contributed by atoms with Gasteiger partial charge >= 0.3 is 6.09 Å². The maximum absolute atomic E-state index is 10.2. The number of carbonyl (C=O) groups is 1. The Balaban J connectivity index is 4.03. The van der Waals surface area contributed by atoms with Gasteiger partial charge in [-0.25, -0.2) is 9.79 Å². The summed E-state index contributed by atoms with van der Waals surface area (Å²) < 4.78 is 4.36. The summed E-state index contributed by atoms with van der Waals surface area (Å²) in [7, 11) is 0. The highest BCUT2D eigenvalue weighted by molar-refractivity contribution is 5.84. The van der Waals surface area contributed by atoms with Crippen molar-refractivity contribution in [3.63, 3.8) is 0 Å². The molecule has 76 valence electrons. The van der Waals surface area contributed by atoms with Crippen molar-refractivity contribution in [3.8, 4) is 0 Å². The number of hydrogen-bond acceptors (Lipinski definition) is 3. The SMILES string of the molecule is CCC(C)(C)CN=C(N)OC(N)=O. The second-order valence-electron chi connectivity index (χ2n) is 3.59. The van der Waals surface area contributed by atoms with Crippen molar-refractivity contribution in [1.82, 2.24) is 0 Å². The van der Waals surface area contributed by atoms with Crippen molar-refractivity contribution in [2.24, 2.45) is 21.9 Å². The molecule has 0 saturated heterocycles. The summed E-state index contributed by atoms with van der Waals surface area (Å²) in [4.78, 5) is 14.1. The highest BCUT2D eigenvalue weighted by Gasteiger charge is 2.14. The van der Waals surface area contributed by atoms with Crippen LogP contribution in [0.15, 0.2) is 4.99 Å². The van der Waals surface area contributed by atoms with E-state index in [9.17, 15) is 4.79 Å². The molecule has 0 aromatic carbocycles. The fraction of sp³-hybridized carbons (Fsp3) is 0.750. The standard InChI is InChI=1S/C8H17N3O2/c1-4-8(2,3)5-11-6(9)13-7(10)12/h4-5H2,1-3H3,(H2,9,11)(H2,10,12). The van der Waals surface area contributed by atoms with Crippen LogP contribution in [-0.4, -0.2) is 18.7 Å². The molecule has 0 aromatic rings. The van der Waals surface area contributed by atoms with Gasteiger partial charge in [0.1, 0.15) is 0 Å². The third-order valence-corrected chi connectivity index (χ3v) is 1.83. The number of aliphatic imine (C=N–C) groups is 1. The van der Waals surface area contributed by atoms with Gasteiger partial charge in [-0.05, 0) is 11.8 Å². The summed E-state index contributed by atoms with van der Waals surface area (Å²) in [6, 6.07) is -0.172. The first-order chi connectivity index (χ1) is 5.87. The summed E-state index contributed by atoms with van der Waals surface area (Å²) in [5.74, 6) is 0. The quantitative estimate of drug-likeness (QED) is 0.506. The number of carbonyl (C=O) groups excluding carboxylic acids is 1. The maximum atomic E-state index is 10.2. The third-order valence-electron chi connectivity index (χ3n) is 1.83. The number of rotatable bonds is 3. The van der Waals surface area contributed by atoms with Gasteiger partial charge in [-0.2, -0.15) is 0 Å². The zero-order valence-electron chi connectivity index (χ0n) is 8.33. The lowest BCUT2D eigenvalue weighted by molar-refractivity contribution is 0.206. The van der Waals surface area contributed by atoms with E-state index < -0.39 is 6.09 Å². The Bertz CT molecular complexity index is 211. The Morgan fingerprint density at radius 2 is 2.00 bits per heavy atom. The van der Waals surface area contributed by atoms with Gasteiger partial charge in [0.2, 0.25) is 0 Å². The third kappa shape index (κ3) is 5.95. The minimum absolute atomic E-state index is 0.0611. The smallest absolute Gasteiger partial charge is 0.376 e. The molecule has 4 N–H and O–H groups in total. The van der Waals surface area contributed by atoms with Gasteiger partial charge in [0.05, 0.1) is 0 Å². The summed E-state index contributed by atoms with van der Waals surface area (Å²) in [6.07, 6.45) is 0.0379. The predicted molar refractivity (Wildman–Crippen MR) is 51.2 cm³/mol. The Kier molecular flexibility index (Phi) is 4.23. The average molecular weight is 187 g/mol. The average Bonchev–Trinajstić information content (AvgIpc) is 2.00.